The fourth-order valence-electron chi connectivity index (χ4n) is 2.37. The van der Waals surface area contributed by atoms with E-state index in [0.717, 1.165) is 18.9 Å². The third-order valence-electron chi connectivity index (χ3n) is 4.60. The maximum Gasteiger partial charge on any atom is 0.227 e. The zero-order valence-corrected chi connectivity index (χ0v) is 14.8. The number of halogens is 2. The van der Waals surface area contributed by atoms with Crippen LogP contribution < -0.4 is 11.1 Å². The molecule has 4 nitrogen and oxygen atoms in total. The summed E-state index contributed by atoms with van der Waals surface area (Å²) >= 11 is 0. The predicted molar refractivity (Wildman–Crippen MR) is 89.8 cm³/mol. The lowest BCUT2D eigenvalue weighted by Crippen LogP contribution is -2.49. The van der Waals surface area contributed by atoms with Crippen molar-refractivity contribution in [2.45, 2.75) is 58.5 Å². The molecule has 6 heteroatoms. The van der Waals surface area contributed by atoms with Gasteiger partial charge in [0.25, 0.3) is 0 Å². The summed E-state index contributed by atoms with van der Waals surface area (Å²) in [6.45, 7) is 7.39. The molecule has 20 heavy (non-hydrogen) atoms. The molecule has 1 aliphatic carbocycles. The van der Waals surface area contributed by atoms with E-state index in [2.05, 4.69) is 24.2 Å². The minimum Gasteiger partial charge on any atom is -0.354 e. The number of nitrogens with two attached hydrogens (primary N) is 1. The molecule has 0 aliphatic heterocycles. The third kappa shape index (κ3) is 5.40. The van der Waals surface area contributed by atoms with Crippen LogP contribution in [0.3, 0.4) is 0 Å². The molecule has 0 spiro atoms. The van der Waals surface area contributed by atoms with E-state index in [1.54, 1.807) is 0 Å². The lowest BCUT2D eigenvalue weighted by atomic mass is 9.81. The minimum atomic E-state index is -0.377. The van der Waals surface area contributed by atoms with Crippen LogP contribution in [0, 0.1) is 5.41 Å². The number of hydrogen-bond donors (Lipinski definition) is 2. The number of carbonyl (C=O) groups is 1. The van der Waals surface area contributed by atoms with Gasteiger partial charge in [-0.05, 0) is 39.7 Å². The standard InChI is InChI=1S/C14H29N3O.2ClH/c1-5-14(6-2,10-15)13(18)16-9-11(3)17(4)12-7-8-12;;/h11-12H,5-10,15H2,1-4H3,(H,16,18);2*1H. The van der Waals surface area contributed by atoms with Gasteiger partial charge in [-0.25, -0.2) is 0 Å². The highest BCUT2D eigenvalue weighted by Gasteiger charge is 2.34. The number of nitrogens with one attached hydrogen (secondary N) is 1. The van der Waals surface area contributed by atoms with Crippen LogP contribution in [0.4, 0.5) is 0 Å². The molecule has 1 fully saturated rings. The Morgan fingerprint density at radius 1 is 1.35 bits per heavy atom. The smallest absolute Gasteiger partial charge is 0.227 e. The van der Waals surface area contributed by atoms with Gasteiger partial charge in [-0.15, -0.1) is 24.8 Å². The minimum absolute atomic E-state index is 0. The van der Waals surface area contributed by atoms with Crippen LogP contribution in [0.5, 0.6) is 0 Å². The van der Waals surface area contributed by atoms with Crippen molar-refractivity contribution in [3.63, 3.8) is 0 Å². The molecule has 1 aliphatic rings. The van der Waals surface area contributed by atoms with Crippen LogP contribution in [-0.2, 0) is 4.79 Å². The van der Waals surface area contributed by atoms with E-state index in [1.165, 1.54) is 12.8 Å². The number of hydrogen-bond acceptors (Lipinski definition) is 3. The predicted octanol–water partition coefficient (Wildman–Crippen LogP) is 2.19. The van der Waals surface area contributed by atoms with E-state index in [1.807, 2.05) is 13.8 Å². The summed E-state index contributed by atoms with van der Waals surface area (Å²) in [5.41, 5.74) is 5.41. The summed E-state index contributed by atoms with van der Waals surface area (Å²) in [6, 6.07) is 1.12. The van der Waals surface area contributed by atoms with Crippen molar-refractivity contribution in [3.05, 3.63) is 0 Å². The van der Waals surface area contributed by atoms with Gasteiger partial charge in [0.1, 0.15) is 0 Å². The lowest BCUT2D eigenvalue weighted by molar-refractivity contribution is -0.131. The molecule has 0 heterocycles. The molecule has 1 amide bonds. The lowest BCUT2D eigenvalue weighted by Gasteiger charge is -2.31. The number of amides is 1. The second kappa shape index (κ2) is 9.82. The largest absolute Gasteiger partial charge is 0.354 e. The Hall–Kier alpha value is -0.0300. The highest BCUT2D eigenvalue weighted by atomic mass is 35.5. The Balaban J connectivity index is 0. The first-order valence-corrected chi connectivity index (χ1v) is 7.21. The molecule has 1 saturated carbocycles. The molecule has 122 valence electrons. The van der Waals surface area contributed by atoms with E-state index in [4.69, 9.17) is 5.73 Å². The quantitative estimate of drug-likeness (QED) is 0.718. The van der Waals surface area contributed by atoms with Crippen molar-refractivity contribution in [2.75, 3.05) is 20.1 Å². The zero-order chi connectivity index (χ0) is 13.8. The van der Waals surface area contributed by atoms with Gasteiger partial charge in [-0.1, -0.05) is 13.8 Å². The summed E-state index contributed by atoms with van der Waals surface area (Å²) < 4.78 is 0. The first-order chi connectivity index (χ1) is 8.50. The van der Waals surface area contributed by atoms with Crippen LogP contribution >= 0.6 is 24.8 Å². The summed E-state index contributed by atoms with van der Waals surface area (Å²) in [5.74, 6) is 0.117. The molecular weight excluding hydrogens is 297 g/mol. The zero-order valence-electron chi connectivity index (χ0n) is 13.1. The highest BCUT2D eigenvalue weighted by molar-refractivity contribution is 5.85. The topological polar surface area (TPSA) is 58.4 Å². The molecule has 1 unspecified atom stereocenters. The van der Waals surface area contributed by atoms with Gasteiger partial charge in [0.15, 0.2) is 0 Å². The molecule has 1 atom stereocenters. The van der Waals surface area contributed by atoms with Crippen molar-refractivity contribution in [2.24, 2.45) is 11.1 Å². The van der Waals surface area contributed by atoms with E-state index < -0.39 is 0 Å². The maximum atomic E-state index is 12.3. The Labute approximate surface area is 136 Å². The normalized spacial score (nSPS) is 16.1. The molecule has 0 aromatic carbocycles. The monoisotopic (exact) mass is 327 g/mol. The fraction of sp³-hybridized carbons (Fsp3) is 0.929. The summed E-state index contributed by atoms with van der Waals surface area (Å²) in [4.78, 5) is 14.6. The Bertz CT molecular complexity index is 273. The Morgan fingerprint density at radius 3 is 2.20 bits per heavy atom. The SMILES string of the molecule is CCC(CC)(CN)C(=O)NCC(C)N(C)C1CC1.Cl.Cl. The van der Waals surface area contributed by atoms with Crippen LogP contribution in [0.1, 0.15) is 46.5 Å². The van der Waals surface area contributed by atoms with E-state index in [9.17, 15) is 4.79 Å². The van der Waals surface area contributed by atoms with Crippen LogP contribution in [0.15, 0.2) is 0 Å². The van der Waals surface area contributed by atoms with Gasteiger partial charge in [0, 0.05) is 25.2 Å². The maximum absolute atomic E-state index is 12.3. The van der Waals surface area contributed by atoms with Gasteiger partial charge in [0.05, 0.1) is 5.41 Å². The van der Waals surface area contributed by atoms with E-state index >= 15 is 0 Å². The first-order valence-electron chi connectivity index (χ1n) is 7.21. The molecule has 0 bridgehead atoms. The first kappa shape index (κ1) is 22.3. The Kier molecular flexibility index (Phi) is 10.9. The molecule has 0 aromatic heterocycles. The van der Waals surface area contributed by atoms with E-state index in [0.29, 0.717) is 19.1 Å². The van der Waals surface area contributed by atoms with Gasteiger partial charge in [0.2, 0.25) is 5.91 Å². The van der Waals surface area contributed by atoms with Crippen LogP contribution in [-0.4, -0.2) is 43.0 Å². The second-order valence-corrected chi connectivity index (χ2v) is 5.65. The molecule has 1 rings (SSSR count). The van der Waals surface area contributed by atoms with Gasteiger partial charge in [-0.3, -0.25) is 9.69 Å². The fourth-order valence-corrected chi connectivity index (χ4v) is 2.37. The van der Waals surface area contributed by atoms with E-state index in [-0.39, 0.29) is 36.1 Å². The van der Waals surface area contributed by atoms with Crippen LogP contribution in [0.2, 0.25) is 0 Å². The molecule has 0 aromatic rings. The van der Waals surface area contributed by atoms with Crippen molar-refractivity contribution in [1.82, 2.24) is 10.2 Å². The van der Waals surface area contributed by atoms with Crippen molar-refractivity contribution < 1.29 is 4.79 Å². The summed E-state index contributed by atoms with van der Waals surface area (Å²) in [7, 11) is 2.14. The average Bonchev–Trinajstić information content (AvgIpc) is 3.22. The van der Waals surface area contributed by atoms with Crippen LogP contribution in [0.25, 0.3) is 0 Å². The van der Waals surface area contributed by atoms with Crippen molar-refractivity contribution in [1.29, 1.82) is 0 Å². The third-order valence-corrected chi connectivity index (χ3v) is 4.60. The second-order valence-electron chi connectivity index (χ2n) is 5.65. The number of likely N-dealkylation sites (N-methyl/N-ethyl adjacent to an activating group) is 1. The van der Waals surface area contributed by atoms with Crippen molar-refractivity contribution >= 4 is 30.7 Å². The summed E-state index contributed by atoms with van der Waals surface area (Å²) in [6.07, 6.45) is 4.20. The van der Waals surface area contributed by atoms with Gasteiger partial charge >= 0.3 is 0 Å². The molecule has 0 radical (unpaired) electrons. The number of carbonyl (C=O) groups excluding carboxylic acids is 1. The molecular formula is C14H31Cl2N3O. The Morgan fingerprint density at radius 2 is 1.85 bits per heavy atom. The summed E-state index contributed by atoms with van der Waals surface area (Å²) in [5, 5.41) is 3.08. The molecule has 0 saturated heterocycles. The molecule has 3 N–H and O–H groups in total. The highest BCUT2D eigenvalue weighted by Crippen LogP contribution is 2.27. The van der Waals surface area contributed by atoms with Crippen molar-refractivity contribution in [3.8, 4) is 0 Å². The average molecular weight is 328 g/mol. The number of rotatable bonds is 8. The van der Waals surface area contributed by atoms with Gasteiger partial charge in [-0.2, -0.15) is 0 Å². The number of nitrogens with zero attached hydrogens (tertiary/aromatic N) is 1. The van der Waals surface area contributed by atoms with Gasteiger partial charge < -0.3 is 11.1 Å².